The van der Waals surface area contributed by atoms with Gasteiger partial charge in [0.2, 0.25) is 5.91 Å². The number of amides is 3. The van der Waals surface area contributed by atoms with Gasteiger partial charge in [-0.25, -0.2) is 4.98 Å². The summed E-state index contributed by atoms with van der Waals surface area (Å²) < 4.78 is 5.33. The third-order valence-corrected chi connectivity index (χ3v) is 8.32. The number of carbonyl (C=O) groups excluding carboxylic acids is 3. The van der Waals surface area contributed by atoms with Gasteiger partial charge in [0.25, 0.3) is 11.8 Å². The average molecular weight is 650 g/mol. The maximum absolute atomic E-state index is 13.1. The lowest BCUT2D eigenvalue weighted by atomic mass is 10.2. The number of furan rings is 1. The van der Waals surface area contributed by atoms with Crippen molar-refractivity contribution >= 4 is 80.9 Å². The van der Waals surface area contributed by atoms with Crippen LogP contribution in [0.15, 0.2) is 112 Å². The van der Waals surface area contributed by atoms with Crippen molar-refractivity contribution in [2.75, 3.05) is 16.4 Å². The Labute approximate surface area is 265 Å². The summed E-state index contributed by atoms with van der Waals surface area (Å²) in [6.07, 6.45) is 2.93. The fraction of sp³-hybridized carbons (Fsp3) is 0.0323. The molecule has 0 atom stereocenters. The molecule has 5 aromatic rings. The number of benzene rings is 3. The van der Waals surface area contributed by atoms with Gasteiger partial charge in [0.05, 0.1) is 27.8 Å². The van der Waals surface area contributed by atoms with Gasteiger partial charge in [-0.05, 0) is 60.7 Å². The number of anilines is 2. The Morgan fingerprint density at radius 2 is 1.70 bits per heavy atom. The maximum atomic E-state index is 13.1. The second-order valence-electron chi connectivity index (χ2n) is 8.88. The molecule has 0 fully saturated rings. The summed E-state index contributed by atoms with van der Waals surface area (Å²) in [5.74, 6) is -0.591. The molecule has 0 radical (unpaired) electrons. The third kappa shape index (κ3) is 8.36. The van der Waals surface area contributed by atoms with E-state index in [0.29, 0.717) is 37.9 Å². The lowest BCUT2D eigenvalue weighted by Gasteiger charge is -2.11. The minimum absolute atomic E-state index is 0.0171. The minimum Gasteiger partial charge on any atom is -0.465 e. The number of nitrogens with zero attached hydrogens (tertiary/aromatic N) is 1. The Bertz CT molecular complexity index is 1770. The van der Waals surface area contributed by atoms with E-state index in [-0.39, 0.29) is 17.4 Å². The molecule has 43 heavy (non-hydrogen) atoms. The molecule has 216 valence electrons. The quantitative estimate of drug-likeness (QED) is 0.105. The molecule has 3 N–H and O–H groups in total. The zero-order chi connectivity index (χ0) is 30.2. The first-order valence-electron chi connectivity index (χ1n) is 12.7. The zero-order valence-electron chi connectivity index (χ0n) is 22.2. The van der Waals surface area contributed by atoms with Crippen LogP contribution in [0, 0.1) is 0 Å². The Morgan fingerprint density at radius 1 is 0.907 bits per heavy atom. The minimum atomic E-state index is -0.524. The van der Waals surface area contributed by atoms with Crippen molar-refractivity contribution < 1.29 is 18.8 Å². The predicted molar refractivity (Wildman–Crippen MR) is 173 cm³/mol. The smallest absolute Gasteiger partial charge is 0.272 e. The van der Waals surface area contributed by atoms with Gasteiger partial charge in [0, 0.05) is 33.2 Å². The highest BCUT2D eigenvalue weighted by atomic mass is 35.5. The third-order valence-electron chi connectivity index (χ3n) is 5.81. The van der Waals surface area contributed by atoms with Crippen molar-refractivity contribution in [1.82, 2.24) is 10.3 Å². The molecule has 5 rings (SSSR count). The summed E-state index contributed by atoms with van der Waals surface area (Å²) in [4.78, 5) is 43.6. The van der Waals surface area contributed by atoms with Crippen LogP contribution >= 0.6 is 46.3 Å². The number of thioether (sulfide) groups is 1. The van der Waals surface area contributed by atoms with Crippen molar-refractivity contribution in [3.8, 4) is 11.3 Å². The van der Waals surface area contributed by atoms with Crippen molar-refractivity contribution in [3.63, 3.8) is 0 Å². The molecule has 12 heteroatoms. The summed E-state index contributed by atoms with van der Waals surface area (Å²) >= 11 is 14.7. The Kier molecular flexibility index (Phi) is 9.96. The van der Waals surface area contributed by atoms with E-state index in [2.05, 4.69) is 20.9 Å². The molecule has 8 nitrogen and oxygen atoms in total. The first kappa shape index (κ1) is 30.1. The van der Waals surface area contributed by atoms with Crippen molar-refractivity contribution in [3.05, 3.63) is 124 Å². The molecule has 3 aromatic carbocycles. The van der Waals surface area contributed by atoms with Gasteiger partial charge in [-0.15, -0.1) is 23.1 Å². The summed E-state index contributed by atoms with van der Waals surface area (Å²) in [6, 6.07) is 24.2. The SMILES string of the molecule is O=C(CSc1ccc(NC(=O)/C(=C/c2ccco2)NC(=O)c2ccccc2)cc1)Nc1nc(-c2ccc(Cl)c(Cl)c2)cs1. The van der Waals surface area contributed by atoms with Crippen LogP contribution in [-0.4, -0.2) is 28.5 Å². The molecule has 0 bridgehead atoms. The first-order valence-corrected chi connectivity index (χ1v) is 15.3. The Morgan fingerprint density at radius 3 is 2.42 bits per heavy atom. The molecule has 0 aliphatic rings. The van der Waals surface area contributed by atoms with Gasteiger partial charge in [0.15, 0.2) is 5.13 Å². The second kappa shape index (κ2) is 14.2. The summed E-state index contributed by atoms with van der Waals surface area (Å²) in [5, 5.41) is 11.4. The lowest BCUT2D eigenvalue weighted by Crippen LogP contribution is -2.30. The number of halogens is 2. The van der Waals surface area contributed by atoms with Gasteiger partial charge in [-0.1, -0.05) is 47.5 Å². The maximum Gasteiger partial charge on any atom is 0.272 e. The van der Waals surface area contributed by atoms with Crippen LogP contribution in [0.25, 0.3) is 17.3 Å². The topological polar surface area (TPSA) is 113 Å². The highest BCUT2D eigenvalue weighted by molar-refractivity contribution is 8.00. The second-order valence-corrected chi connectivity index (χ2v) is 11.6. The molecular formula is C31H22Cl2N4O4S2. The van der Waals surface area contributed by atoms with Crippen LogP contribution < -0.4 is 16.0 Å². The largest absolute Gasteiger partial charge is 0.465 e. The van der Waals surface area contributed by atoms with Crippen LogP contribution in [0.1, 0.15) is 16.1 Å². The van der Waals surface area contributed by atoms with Crippen LogP contribution in [0.5, 0.6) is 0 Å². The predicted octanol–water partition coefficient (Wildman–Crippen LogP) is 7.85. The van der Waals surface area contributed by atoms with E-state index in [1.807, 2.05) is 11.4 Å². The van der Waals surface area contributed by atoms with E-state index in [9.17, 15) is 14.4 Å². The number of carbonyl (C=O) groups is 3. The molecule has 0 unspecified atom stereocenters. The fourth-order valence-electron chi connectivity index (χ4n) is 3.71. The van der Waals surface area contributed by atoms with Gasteiger partial charge in [-0.2, -0.15) is 0 Å². The number of nitrogens with one attached hydrogen (secondary N) is 3. The Balaban J connectivity index is 1.16. The van der Waals surface area contributed by atoms with Crippen molar-refractivity contribution in [1.29, 1.82) is 0 Å². The molecule has 0 aliphatic heterocycles. The molecular weight excluding hydrogens is 627 g/mol. The molecule has 2 aromatic heterocycles. The highest BCUT2D eigenvalue weighted by Crippen LogP contribution is 2.30. The van der Waals surface area contributed by atoms with E-state index >= 15 is 0 Å². The van der Waals surface area contributed by atoms with Crippen LogP contribution in [0.3, 0.4) is 0 Å². The van der Waals surface area contributed by atoms with Gasteiger partial charge in [-0.3, -0.25) is 14.4 Å². The zero-order valence-corrected chi connectivity index (χ0v) is 25.3. The molecule has 0 saturated heterocycles. The number of rotatable bonds is 10. The monoisotopic (exact) mass is 648 g/mol. The first-order chi connectivity index (χ1) is 20.8. The van der Waals surface area contributed by atoms with E-state index in [4.69, 9.17) is 27.6 Å². The lowest BCUT2D eigenvalue weighted by molar-refractivity contribution is -0.114. The van der Waals surface area contributed by atoms with Gasteiger partial charge in [0.1, 0.15) is 11.5 Å². The summed E-state index contributed by atoms with van der Waals surface area (Å²) in [7, 11) is 0. The van der Waals surface area contributed by atoms with Gasteiger partial charge < -0.3 is 20.4 Å². The Hall–Kier alpha value is -4.35. The van der Waals surface area contributed by atoms with E-state index in [0.717, 1.165) is 10.5 Å². The van der Waals surface area contributed by atoms with E-state index in [1.54, 1.807) is 78.9 Å². The van der Waals surface area contributed by atoms with Crippen molar-refractivity contribution in [2.45, 2.75) is 4.90 Å². The molecule has 0 spiro atoms. The fourth-order valence-corrected chi connectivity index (χ4v) is 5.45. The standard InChI is InChI=1S/C31H22Cl2N4O4S2/c32-24-13-8-20(15-25(24)33)27-17-43-31(36-27)37-28(38)18-42-23-11-9-21(10-12-23)34-30(40)26(16-22-7-4-14-41-22)35-29(39)19-5-2-1-3-6-19/h1-17H,18H2,(H,34,40)(H,35,39)(H,36,37,38)/b26-16-. The normalized spacial score (nSPS) is 11.2. The number of hydrogen-bond acceptors (Lipinski definition) is 7. The van der Waals surface area contributed by atoms with E-state index < -0.39 is 11.8 Å². The summed E-state index contributed by atoms with van der Waals surface area (Å²) in [6.45, 7) is 0. The van der Waals surface area contributed by atoms with Crippen LogP contribution in [0.4, 0.5) is 10.8 Å². The molecule has 2 heterocycles. The summed E-state index contributed by atoms with van der Waals surface area (Å²) in [5.41, 5.74) is 2.42. The number of hydrogen-bond donors (Lipinski definition) is 3. The van der Waals surface area contributed by atoms with Gasteiger partial charge >= 0.3 is 0 Å². The van der Waals surface area contributed by atoms with Crippen LogP contribution in [0.2, 0.25) is 10.0 Å². The highest BCUT2D eigenvalue weighted by Gasteiger charge is 2.16. The van der Waals surface area contributed by atoms with Crippen LogP contribution in [-0.2, 0) is 9.59 Å². The number of aromatic nitrogens is 1. The molecule has 0 saturated carbocycles. The van der Waals surface area contributed by atoms with E-state index in [1.165, 1.54) is 35.4 Å². The number of thiazole rings is 1. The molecule has 3 amide bonds. The average Bonchev–Trinajstić information content (AvgIpc) is 3.71. The van der Waals surface area contributed by atoms with Crippen molar-refractivity contribution in [2.24, 2.45) is 0 Å². The molecule has 0 aliphatic carbocycles.